The minimum atomic E-state index is 0.0195. The summed E-state index contributed by atoms with van der Waals surface area (Å²) in [5.41, 5.74) is 1.85. The molecule has 3 aromatic rings. The fourth-order valence-corrected chi connectivity index (χ4v) is 4.77. The van der Waals surface area contributed by atoms with E-state index in [4.69, 9.17) is 9.47 Å². The largest absolute Gasteiger partial charge is 0.496 e. The molecule has 0 spiro atoms. The minimum Gasteiger partial charge on any atom is -0.496 e. The van der Waals surface area contributed by atoms with E-state index in [2.05, 4.69) is 22.5 Å². The number of carbonyl (C=O) groups excluding carboxylic acids is 1. The van der Waals surface area contributed by atoms with Crippen LogP contribution in [-0.4, -0.2) is 55.2 Å². The molecule has 0 N–H and O–H groups in total. The molecular formula is C21H24N2O3S. The number of hydrogen-bond donors (Lipinski definition) is 0. The number of ether oxygens (including phenoxy) is 2. The average molecular weight is 385 g/mol. The molecule has 0 amide bonds. The normalized spacial score (nSPS) is 15.3. The van der Waals surface area contributed by atoms with Crippen molar-refractivity contribution in [2.75, 3.05) is 40.0 Å². The summed E-state index contributed by atoms with van der Waals surface area (Å²) in [6.45, 7) is 7.68. The van der Waals surface area contributed by atoms with Crippen LogP contribution in [0.15, 0.2) is 36.4 Å². The molecule has 1 aromatic carbocycles. The monoisotopic (exact) mass is 384 g/mol. The summed E-state index contributed by atoms with van der Waals surface area (Å²) in [4.78, 5) is 17.3. The standard InChI is InChI=1S/C21H24N2O3S/c1-15-13-16-14-19(20(24)17-5-3-4-6-18(17)25-2)27-21(16)23(15)8-7-22-9-11-26-12-10-22/h3-6,13-14H,7-12H2,1-2H3. The lowest BCUT2D eigenvalue weighted by atomic mass is 10.1. The van der Waals surface area contributed by atoms with Gasteiger partial charge in [-0.2, -0.15) is 0 Å². The number of rotatable bonds is 6. The van der Waals surface area contributed by atoms with Crippen molar-refractivity contribution < 1.29 is 14.3 Å². The maximum Gasteiger partial charge on any atom is 0.206 e. The van der Waals surface area contributed by atoms with Crippen LogP contribution in [0.3, 0.4) is 0 Å². The van der Waals surface area contributed by atoms with Crippen LogP contribution >= 0.6 is 11.3 Å². The lowest BCUT2D eigenvalue weighted by Crippen LogP contribution is -2.38. The smallest absolute Gasteiger partial charge is 0.206 e. The average Bonchev–Trinajstić information content (AvgIpc) is 3.23. The SMILES string of the molecule is COc1ccccc1C(=O)c1cc2cc(C)n(CCN3CCOCC3)c2s1. The highest BCUT2D eigenvalue weighted by molar-refractivity contribution is 7.20. The maximum atomic E-state index is 13.0. The Labute approximate surface area is 163 Å². The lowest BCUT2D eigenvalue weighted by Gasteiger charge is -2.26. The number of thiophene rings is 1. The van der Waals surface area contributed by atoms with Gasteiger partial charge in [-0.1, -0.05) is 12.1 Å². The number of fused-ring (bicyclic) bond motifs is 1. The van der Waals surface area contributed by atoms with Gasteiger partial charge in [0.1, 0.15) is 10.6 Å². The first-order chi connectivity index (χ1) is 13.2. The van der Waals surface area contributed by atoms with Crippen LogP contribution in [0.1, 0.15) is 20.9 Å². The maximum absolute atomic E-state index is 13.0. The van der Waals surface area contributed by atoms with Gasteiger partial charge in [-0.3, -0.25) is 9.69 Å². The number of nitrogens with zero attached hydrogens (tertiary/aromatic N) is 2. The van der Waals surface area contributed by atoms with E-state index in [1.807, 2.05) is 30.3 Å². The van der Waals surface area contributed by atoms with Gasteiger partial charge >= 0.3 is 0 Å². The van der Waals surface area contributed by atoms with Gasteiger partial charge in [-0.15, -0.1) is 11.3 Å². The zero-order chi connectivity index (χ0) is 18.8. The highest BCUT2D eigenvalue weighted by atomic mass is 32.1. The Kier molecular flexibility index (Phi) is 5.29. The number of para-hydroxylation sites is 1. The Morgan fingerprint density at radius 3 is 2.74 bits per heavy atom. The quantitative estimate of drug-likeness (QED) is 0.610. The summed E-state index contributed by atoms with van der Waals surface area (Å²) in [5.74, 6) is 0.637. The Morgan fingerprint density at radius 1 is 1.19 bits per heavy atom. The summed E-state index contributed by atoms with van der Waals surface area (Å²) in [6, 6.07) is 11.6. The van der Waals surface area contributed by atoms with Crippen LogP contribution in [0.2, 0.25) is 0 Å². The van der Waals surface area contributed by atoms with E-state index < -0.39 is 0 Å². The molecule has 6 heteroatoms. The van der Waals surface area contributed by atoms with Crippen molar-refractivity contribution in [3.8, 4) is 5.75 Å². The predicted octanol–water partition coefficient (Wildman–Crippen LogP) is 3.58. The van der Waals surface area contributed by atoms with E-state index in [0.717, 1.165) is 49.7 Å². The van der Waals surface area contributed by atoms with Crippen molar-refractivity contribution in [3.63, 3.8) is 0 Å². The summed E-state index contributed by atoms with van der Waals surface area (Å²) in [5, 5.41) is 1.14. The topological polar surface area (TPSA) is 43.7 Å². The number of aryl methyl sites for hydroxylation is 1. The van der Waals surface area contributed by atoms with E-state index in [-0.39, 0.29) is 5.78 Å². The van der Waals surface area contributed by atoms with E-state index in [0.29, 0.717) is 11.3 Å². The first kappa shape index (κ1) is 18.2. The van der Waals surface area contributed by atoms with Crippen LogP contribution in [-0.2, 0) is 11.3 Å². The molecule has 1 aliphatic rings. The van der Waals surface area contributed by atoms with E-state index >= 15 is 0 Å². The highest BCUT2D eigenvalue weighted by Crippen LogP contribution is 2.32. The van der Waals surface area contributed by atoms with Gasteiger partial charge in [-0.25, -0.2) is 0 Å². The fraction of sp³-hybridized carbons (Fsp3) is 0.381. The zero-order valence-corrected chi connectivity index (χ0v) is 16.6. The Morgan fingerprint density at radius 2 is 1.96 bits per heavy atom. The lowest BCUT2D eigenvalue weighted by molar-refractivity contribution is 0.0365. The van der Waals surface area contributed by atoms with E-state index in [1.165, 1.54) is 10.5 Å². The number of aromatic nitrogens is 1. The molecule has 0 aliphatic carbocycles. The molecule has 4 rings (SSSR count). The molecule has 3 heterocycles. The zero-order valence-electron chi connectivity index (χ0n) is 15.7. The molecular weight excluding hydrogens is 360 g/mol. The van der Waals surface area contributed by atoms with Crippen LogP contribution in [0.5, 0.6) is 5.75 Å². The Balaban J connectivity index is 1.59. The van der Waals surface area contributed by atoms with Crippen molar-refractivity contribution in [2.45, 2.75) is 13.5 Å². The first-order valence-corrected chi connectivity index (χ1v) is 10.1. The first-order valence-electron chi connectivity index (χ1n) is 9.25. The molecule has 0 radical (unpaired) electrons. The minimum absolute atomic E-state index is 0.0195. The third-order valence-corrected chi connectivity index (χ3v) is 6.27. The van der Waals surface area contributed by atoms with Crippen LogP contribution in [0.25, 0.3) is 10.2 Å². The second kappa shape index (κ2) is 7.84. The molecule has 0 saturated carbocycles. The summed E-state index contributed by atoms with van der Waals surface area (Å²) < 4.78 is 13.1. The molecule has 2 aromatic heterocycles. The molecule has 0 bridgehead atoms. The van der Waals surface area contributed by atoms with Crippen LogP contribution in [0, 0.1) is 6.92 Å². The number of methoxy groups -OCH3 is 1. The number of hydrogen-bond acceptors (Lipinski definition) is 5. The Bertz CT molecular complexity index is 954. The fourth-order valence-electron chi connectivity index (χ4n) is 3.59. The van der Waals surface area contributed by atoms with E-state index in [9.17, 15) is 4.79 Å². The van der Waals surface area contributed by atoms with Crippen molar-refractivity contribution in [1.29, 1.82) is 0 Å². The molecule has 142 valence electrons. The second-order valence-corrected chi connectivity index (χ2v) is 7.82. The third-order valence-electron chi connectivity index (χ3n) is 5.09. The second-order valence-electron chi connectivity index (χ2n) is 6.79. The third kappa shape index (κ3) is 3.65. The summed E-state index contributed by atoms with van der Waals surface area (Å²) >= 11 is 1.57. The Hall–Kier alpha value is -2.15. The van der Waals surface area contributed by atoms with Gasteiger partial charge in [0.05, 0.1) is 30.8 Å². The molecule has 1 aliphatic heterocycles. The van der Waals surface area contributed by atoms with Gasteiger partial charge in [0, 0.05) is 37.3 Å². The molecule has 1 saturated heterocycles. The van der Waals surface area contributed by atoms with Crippen LogP contribution < -0.4 is 4.74 Å². The predicted molar refractivity (Wildman–Crippen MR) is 108 cm³/mol. The number of ketones is 1. The number of benzene rings is 1. The molecule has 5 nitrogen and oxygen atoms in total. The number of morpholine rings is 1. The molecule has 0 atom stereocenters. The van der Waals surface area contributed by atoms with Gasteiger partial charge in [0.2, 0.25) is 5.78 Å². The van der Waals surface area contributed by atoms with Gasteiger partial charge < -0.3 is 14.0 Å². The van der Waals surface area contributed by atoms with Crippen LogP contribution in [0.4, 0.5) is 0 Å². The number of carbonyl (C=O) groups is 1. The van der Waals surface area contributed by atoms with Gasteiger partial charge in [-0.05, 0) is 31.2 Å². The van der Waals surface area contributed by atoms with Crippen molar-refractivity contribution >= 4 is 27.3 Å². The van der Waals surface area contributed by atoms with Crippen molar-refractivity contribution in [3.05, 3.63) is 52.5 Å². The summed E-state index contributed by atoms with van der Waals surface area (Å²) in [6.07, 6.45) is 0. The van der Waals surface area contributed by atoms with Gasteiger partial charge in [0.25, 0.3) is 0 Å². The molecule has 1 fully saturated rings. The molecule has 0 unspecified atom stereocenters. The van der Waals surface area contributed by atoms with Crippen molar-refractivity contribution in [2.24, 2.45) is 0 Å². The van der Waals surface area contributed by atoms with Gasteiger partial charge in [0.15, 0.2) is 0 Å². The van der Waals surface area contributed by atoms with Crippen molar-refractivity contribution in [1.82, 2.24) is 9.47 Å². The highest BCUT2D eigenvalue weighted by Gasteiger charge is 2.19. The van der Waals surface area contributed by atoms with E-state index in [1.54, 1.807) is 18.4 Å². The molecule has 27 heavy (non-hydrogen) atoms. The summed E-state index contributed by atoms with van der Waals surface area (Å²) in [7, 11) is 1.60.